The van der Waals surface area contributed by atoms with Crippen molar-refractivity contribution in [2.75, 3.05) is 6.67 Å². The van der Waals surface area contributed by atoms with E-state index in [1.54, 1.807) is 0 Å². The summed E-state index contributed by atoms with van der Waals surface area (Å²) in [6.07, 6.45) is 3.92. The van der Waals surface area contributed by atoms with Gasteiger partial charge in [-0.1, -0.05) is 36.6 Å². The van der Waals surface area contributed by atoms with E-state index in [0.29, 0.717) is 17.2 Å². The summed E-state index contributed by atoms with van der Waals surface area (Å²) >= 11 is 12.8. The number of hydrogen-bond donors (Lipinski definition) is 1. The minimum Gasteiger partial charge on any atom is -0.317 e. The fourth-order valence-electron chi connectivity index (χ4n) is 2.40. The monoisotopic (exact) mass is 270 g/mol. The van der Waals surface area contributed by atoms with Crippen LogP contribution >= 0.6 is 36.2 Å². The molecule has 0 aromatic heterocycles. The van der Waals surface area contributed by atoms with E-state index in [4.69, 9.17) is 30.2 Å². The average molecular weight is 270 g/mol. The first kappa shape index (κ1) is 12.2. The van der Waals surface area contributed by atoms with Gasteiger partial charge in [0, 0.05) is 22.3 Å². The van der Waals surface area contributed by atoms with Gasteiger partial charge in [-0.25, -0.2) is 0 Å². The van der Waals surface area contributed by atoms with Gasteiger partial charge in [-0.05, 0) is 0 Å². The zero-order valence-corrected chi connectivity index (χ0v) is 11.3. The van der Waals surface area contributed by atoms with Gasteiger partial charge in [0.2, 0.25) is 0 Å². The number of rotatable bonds is 3. The van der Waals surface area contributed by atoms with Crippen LogP contribution in [0.2, 0.25) is 0 Å². The van der Waals surface area contributed by atoms with Crippen LogP contribution in [0.3, 0.4) is 0 Å². The first-order chi connectivity index (χ1) is 7.65. The number of nitrogens with two attached hydrogens (primary N) is 1. The normalized spacial score (nSPS) is 37.7. The van der Waals surface area contributed by atoms with Crippen LogP contribution in [0.25, 0.3) is 0 Å². The first-order valence-corrected chi connectivity index (χ1v) is 6.87. The number of fused-ring (bicyclic) bond motifs is 1. The highest BCUT2D eigenvalue weighted by atomic mass is 32.2. The topological polar surface area (TPSA) is 29.3 Å². The Labute approximate surface area is 111 Å². The van der Waals surface area contributed by atoms with Crippen LogP contribution in [0.5, 0.6) is 0 Å². The third-order valence-electron chi connectivity index (χ3n) is 3.16. The predicted molar refractivity (Wildman–Crippen MR) is 78.6 cm³/mol. The smallest absolute Gasteiger partial charge is 0.0891 e. The fourth-order valence-corrected chi connectivity index (χ4v) is 5.08. The van der Waals surface area contributed by atoms with E-state index in [0.717, 1.165) is 9.98 Å². The molecule has 0 radical (unpaired) electrons. The van der Waals surface area contributed by atoms with Crippen molar-refractivity contribution in [3.05, 3.63) is 25.3 Å². The number of hydrogen-bond acceptors (Lipinski definition) is 4. The minimum absolute atomic E-state index is 0.275. The molecule has 4 atom stereocenters. The molecule has 0 aliphatic carbocycles. The maximum Gasteiger partial charge on any atom is 0.0891 e. The highest BCUT2D eigenvalue weighted by Gasteiger charge is 2.52. The molecule has 0 spiro atoms. The molecule has 0 bridgehead atoms. The van der Waals surface area contributed by atoms with E-state index in [1.807, 2.05) is 28.8 Å². The molecule has 0 saturated carbocycles. The van der Waals surface area contributed by atoms with E-state index >= 15 is 0 Å². The van der Waals surface area contributed by atoms with Crippen LogP contribution in [0.1, 0.15) is 0 Å². The van der Waals surface area contributed by atoms with Crippen LogP contribution in [0, 0.1) is 11.8 Å². The van der Waals surface area contributed by atoms with Gasteiger partial charge >= 0.3 is 0 Å². The van der Waals surface area contributed by atoms with Crippen LogP contribution in [-0.4, -0.2) is 32.0 Å². The van der Waals surface area contributed by atoms with Gasteiger partial charge in [-0.2, -0.15) is 0 Å². The van der Waals surface area contributed by atoms with Crippen LogP contribution in [0.4, 0.5) is 0 Å². The Morgan fingerprint density at radius 1 is 1.19 bits per heavy atom. The molecule has 0 aromatic carbocycles. The Morgan fingerprint density at radius 2 is 1.62 bits per heavy atom. The molecule has 0 aromatic rings. The summed E-state index contributed by atoms with van der Waals surface area (Å²) in [4.78, 5) is 3.63. The molecule has 2 heterocycles. The molecule has 86 valence electrons. The SMILES string of the molecule is C=CC1SC(C=C)C2C(=S)N(CN)C(=S)C12. The van der Waals surface area contributed by atoms with Crippen molar-refractivity contribution in [2.45, 2.75) is 10.5 Å². The van der Waals surface area contributed by atoms with Crippen molar-refractivity contribution in [3.63, 3.8) is 0 Å². The molecule has 0 amide bonds. The van der Waals surface area contributed by atoms with Gasteiger partial charge in [0.25, 0.3) is 0 Å². The van der Waals surface area contributed by atoms with Crippen LogP contribution in [-0.2, 0) is 0 Å². The third kappa shape index (κ3) is 1.57. The fraction of sp³-hybridized carbons (Fsp3) is 0.455. The van der Waals surface area contributed by atoms with Crippen molar-refractivity contribution >= 4 is 46.2 Å². The molecule has 16 heavy (non-hydrogen) atoms. The molecule has 5 heteroatoms. The lowest BCUT2D eigenvalue weighted by atomic mass is 9.90. The highest BCUT2D eigenvalue weighted by Crippen LogP contribution is 2.49. The molecule has 2 aliphatic heterocycles. The summed E-state index contributed by atoms with van der Waals surface area (Å²) in [5.41, 5.74) is 5.68. The van der Waals surface area contributed by atoms with Crippen molar-refractivity contribution in [1.82, 2.24) is 4.90 Å². The van der Waals surface area contributed by atoms with Gasteiger partial charge in [-0.3, -0.25) is 0 Å². The molecular formula is C11H14N2S3. The molecule has 2 N–H and O–H groups in total. The Bertz CT molecular complexity index is 334. The van der Waals surface area contributed by atoms with E-state index in [9.17, 15) is 0 Å². The maximum atomic E-state index is 5.68. The summed E-state index contributed by atoms with van der Waals surface area (Å²) in [6.45, 7) is 8.13. The van der Waals surface area contributed by atoms with Crippen molar-refractivity contribution in [3.8, 4) is 0 Å². The minimum atomic E-state index is 0.275. The van der Waals surface area contributed by atoms with E-state index in [2.05, 4.69) is 13.2 Å². The summed E-state index contributed by atoms with van der Waals surface area (Å²) in [5, 5.41) is 0.657. The summed E-state index contributed by atoms with van der Waals surface area (Å²) in [6, 6.07) is 0. The number of nitrogens with zero attached hydrogens (tertiary/aromatic N) is 1. The largest absolute Gasteiger partial charge is 0.317 e. The van der Waals surface area contributed by atoms with Gasteiger partial charge < -0.3 is 10.6 Å². The molecule has 2 nitrogen and oxygen atoms in total. The molecule has 4 unspecified atom stereocenters. The lowest BCUT2D eigenvalue weighted by molar-refractivity contribution is 0.626. The van der Waals surface area contributed by atoms with Gasteiger partial charge in [0.1, 0.15) is 0 Å². The van der Waals surface area contributed by atoms with Crippen LogP contribution in [0.15, 0.2) is 25.3 Å². The third-order valence-corrected chi connectivity index (χ3v) is 5.74. The molecule has 2 rings (SSSR count). The van der Waals surface area contributed by atoms with Crippen molar-refractivity contribution in [1.29, 1.82) is 0 Å². The molecular weight excluding hydrogens is 256 g/mol. The zero-order valence-electron chi connectivity index (χ0n) is 8.83. The summed E-state index contributed by atoms with van der Waals surface area (Å²) in [5.74, 6) is 0.549. The number of likely N-dealkylation sites (tertiary alicyclic amines) is 1. The highest BCUT2D eigenvalue weighted by molar-refractivity contribution is 8.01. The van der Waals surface area contributed by atoms with Crippen molar-refractivity contribution < 1.29 is 0 Å². The Hall–Kier alpha value is -0.230. The second kappa shape index (κ2) is 4.56. The summed E-state index contributed by atoms with van der Waals surface area (Å²) < 4.78 is 0. The van der Waals surface area contributed by atoms with Gasteiger partial charge in [0.05, 0.1) is 16.6 Å². The maximum absolute atomic E-state index is 5.68. The second-order valence-electron chi connectivity index (χ2n) is 3.88. The van der Waals surface area contributed by atoms with Crippen molar-refractivity contribution in [2.24, 2.45) is 17.6 Å². The molecule has 2 saturated heterocycles. The lowest BCUT2D eigenvalue weighted by Crippen LogP contribution is -2.36. The molecule has 2 fully saturated rings. The van der Waals surface area contributed by atoms with E-state index in [-0.39, 0.29) is 11.8 Å². The van der Waals surface area contributed by atoms with E-state index in [1.165, 1.54) is 0 Å². The zero-order chi connectivity index (χ0) is 11.9. The Kier molecular flexibility index (Phi) is 3.49. The summed E-state index contributed by atoms with van der Waals surface area (Å²) in [7, 11) is 0. The second-order valence-corrected chi connectivity index (χ2v) is 6.07. The Balaban J connectivity index is 2.37. The lowest BCUT2D eigenvalue weighted by Gasteiger charge is -2.20. The Morgan fingerprint density at radius 3 is 1.94 bits per heavy atom. The average Bonchev–Trinajstić information content (AvgIpc) is 2.77. The van der Waals surface area contributed by atoms with Crippen LogP contribution < -0.4 is 5.73 Å². The van der Waals surface area contributed by atoms with Gasteiger partial charge in [-0.15, -0.1) is 24.9 Å². The number of thioether (sulfide) groups is 1. The first-order valence-electron chi connectivity index (χ1n) is 5.11. The van der Waals surface area contributed by atoms with Gasteiger partial charge in [0.15, 0.2) is 0 Å². The van der Waals surface area contributed by atoms with E-state index < -0.39 is 0 Å². The predicted octanol–water partition coefficient (Wildman–Crippen LogP) is 1.96. The number of thiocarbonyl (C=S) groups is 2. The standard InChI is InChI=1S/C11H14N2S3/c1-3-6-8-9(7(4-2)16-6)11(15)13(5-12)10(8)14/h3-4,6-9H,1-2,5,12H2. The quantitative estimate of drug-likeness (QED) is 0.625. The molecule has 2 aliphatic rings.